The fraction of sp³-hybridized carbons (Fsp3) is 0.426. The molecule has 0 radical (unpaired) electrons. The van der Waals surface area contributed by atoms with Gasteiger partial charge in [-0.25, -0.2) is 44.7 Å². The zero-order valence-corrected chi connectivity index (χ0v) is 44.3. The third-order valence-corrected chi connectivity index (χ3v) is 13.6. The van der Waals surface area contributed by atoms with E-state index in [2.05, 4.69) is 27.7 Å². The topological polar surface area (TPSA) is 212 Å². The Kier molecular flexibility index (Phi) is 17.6. The Balaban J connectivity index is 0.000000178. The van der Waals surface area contributed by atoms with Gasteiger partial charge in [0.15, 0.2) is 23.3 Å². The highest BCUT2D eigenvalue weighted by Gasteiger charge is 2.44. The molecule has 2 aromatic heterocycles. The zero-order valence-electron chi connectivity index (χ0n) is 44.3. The lowest BCUT2D eigenvalue weighted by Gasteiger charge is -2.36. The number of alkyl halides is 4. The maximum Gasteiger partial charge on any atom is 0.417 e. The number of amides is 5. The average Bonchev–Trinajstić information content (AvgIpc) is 4.21. The Bertz CT molecular complexity index is 3270. The molecule has 5 atom stereocenters. The molecular formula is C54H55F8N11O7. The second kappa shape index (κ2) is 23.8. The van der Waals surface area contributed by atoms with Crippen LogP contribution in [0.15, 0.2) is 67.0 Å². The van der Waals surface area contributed by atoms with Crippen LogP contribution in [-0.4, -0.2) is 89.5 Å². The average molecular weight is 1120 g/mol. The van der Waals surface area contributed by atoms with Crippen LogP contribution in [0, 0.1) is 57.3 Å². The van der Waals surface area contributed by atoms with Gasteiger partial charge >= 0.3 is 12.2 Å². The SMILES string of the molecule is CC1C(C#N)CC(=O)N1c1cnn2c1CN(C(=O)OC(C)(C)C)[C@@H](C)C2.C[C@H]1Cn2ncc(N3CC(C)(C#N)CC3=O)c2CN1C(=O)Cc1cc(F)c(F)c(C(F)F)c1.O=C(Nc1cc(F)c(F)c(C(F)F)c1)Oc1ccccc1. The van der Waals surface area contributed by atoms with Gasteiger partial charge in [0, 0.05) is 37.2 Å². The fourth-order valence-corrected chi connectivity index (χ4v) is 9.47. The lowest BCUT2D eigenvalue weighted by atomic mass is 9.92. The van der Waals surface area contributed by atoms with Gasteiger partial charge in [-0.1, -0.05) is 18.2 Å². The molecule has 1 N–H and O–H groups in total. The van der Waals surface area contributed by atoms with Gasteiger partial charge < -0.3 is 24.2 Å². The lowest BCUT2D eigenvalue weighted by Crippen LogP contribution is -2.47. The molecule has 4 aliphatic rings. The molecule has 0 saturated carbocycles. The molecule has 5 amide bonds. The molecule has 6 heterocycles. The molecule has 0 bridgehead atoms. The minimum absolute atomic E-state index is 0.0554. The van der Waals surface area contributed by atoms with Crippen LogP contribution in [0.3, 0.4) is 0 Å². The van der Waals surface area contributed by atoms with Gasteiger partial charge in [-0.2, -0.15) is 20.7 Å². The van der Waals surface area contributed by atoms with Crippen LogP contribution in [0.2, 0.25) is 0 Å². The van der Waals surface area contributed by atoms with E-state index in [0.29, 0.717) is 48.8 Å². The Labute approximate surface area is 454 Å². The quantitative estimate of drug-likeness (QED) is 0.144. The maximum atomic E-state index is 13.8. The molecule has 2 saturated heterocycles. The lowest BCUT2D eigenvalue weighted by molar-refractivity contribution is -0.134. The number of aromatic nitrogens is 4. The van der Waals surface area contributed by atoms with Crippen molar-refractivity contribution in [3.8, 4) is 17.9 Å². The van der Waals surface area contributed by atoms with Gasteiger partial charge in [-0.05, 0) is 84.4 Å². The number of ether oxygens (including phenoxy) is 2. The maximum absolute atomic E-state index is 13.8. The summed E-state index contributed by atoms with van der Waals surface area (Å²) in [6.45, 7) is 14.3. The van der Waals surface area contributed by atoms with E-state index < -0.39 is 70.3 Å². The number of halogens is 8. The molecule has 5 aromatic rings. The molecule has 9 rings (SSSR count). The van der Waals surface area contributed by atoms with E-state index in [4.69, 9.17) is 9.47 Å². The fourth-order valence-electron chi connectivity index (χ4n) is 9.47. The van der Waals surface area contributed by atoms with Gasteiger partial charge in [-0.15, -0.1) is 0 Å². The third kappa shape index (κ3) is 13.1. The van der Waals surface area contributed by atoms with E-state index in [9.17, 15) is 69.6 Å². The molecule has 2 fully saturated rings. The number of nitriles is 2. The van der Waals surface area contributed by atoms with Gasteiger partial charge in [0.05, 0.1) is 114 Å². The molecular weight excluding hydrogens is 1070 g/mol. The standard InChI is InChI=1S/C22H21F4N5O2.C18H25N5O3.C14H9F4NO2/c1-12-8-31-17(16(7-28-31)30-11-22(2,10-27)6-19(30)33)9-29(12)18(32)5-13-3-14(21(25)26)20(24)15(23)4-13;1-11-9-22-15(10-21(11)17(25)26-18(3,4)5)14(8-20-22)23-12(2)13(7-19)6-16(23)24;15-11-7-8(6-10(12(11)16)13(17)18)19-14(20)21-9-4-2-1-3-5-9/h3-4,7,12,21H,5-6,8-9,11H2,1-2H3;8,11-13H,6,9-10H2,1-5H3;1-7,13H,(H,19,20)/t12-,22?;11-,12?,13?;/m00./s1. The van der Waals surface area contributed by atoms with E-state index in [1.54, 1.807) is 52.7 Å². The van der Waals surface area contributed by atoms with Gasteiger partial charge in [0.2, 0.25) is 17.7 Å². The summed E-state index contributed by atoms with van der Waals surface area (Å²) < 4.78 is 119. The van der Waals surface area contributed by atoms with Crippen molar-refractivity contribution in [2.45, 2.75) is 130 Å². The number of nitrogens with zero attached hydrogens (tertiary/aromatic N) is 10. The second-order valence-electron chi connectivity index (χ2n) is 20.9. The molecule has 4 aliphatic heterocycles. The molecule has 18 nitrogen and oxygen atoms in total. The van der Waals surface area contributed by atoms with Crippen LogP contribution in [0.4, 0.5) is 61.8 Å². The highest BCUT2D eigenvalue weighted by molar-refractivity contribution is 5.98. The van der Waals surface area contributed by atoms with Crippen LogP contribution in [0.5, 0.6) is 5.75 Å². The number of hydrogen-bond donors (Lipinski definition) is 1. The summed E-state index contributed by atoms with van der Waals surface area (Å²) in [6, 6.07) is 14.5. The molecule has 26 heteroatoms. The van der Waals surface area contributed by atoms with E-state index in [-0.39, 0.29) is 91.3 Å². The van der Waals surface area contributed by atoms with E-state index >= 15 is 0 Å². The number of benzene rings is 3. The summed E-state index contributed by atoms with van der Waals surface area (Å²) in [4.78, 5) is 68.4. The Morgan fingerprint density at radius 2 is 1.36 bits per heavy atom. The van der Waals surface area contributed by atoms with Crippen molar-refractivity contribution in [3.05, 3.63) is 118 Å². The van der Waals surface area contributed by atoms with Crippen molar-refractivity contribution in [2.75, 3.05) is 21.7 Å². The van der Waals surface area contributed by atoms with Gasteiger partial charge in [0.1, 0.15) is 11.4 Å². The first-order valence-electron chi connectivity index (χ1n) is 25.0. The van der Waals surface area contributed by atoms with Crippen molar-refractivity contribution in [1.82, 2.24) is 29.4 Å². The monoisotopic (exact) mass is 1120 g/mol. The summed E-state index contributed by atoms with van der Waals surface area (Å²) in [5.74, 6) is -7.06. The van der Waals surface area contributed by atoms with Gasteiger partial charge in [-0.3, -0.25) is 34.0 Å². The Morgan fingerprint density at radius 1 is 0.800 bits per heavy atom. The Hall–Kier alpha value is -8.55. The first-order valence-corrected chi connectivity index (χ1v) is 25.0. The molecule has 0 aliphatic carbocycles. The van der Waals surface area contributed by atoms with Crippen molar-refractivity contribution in [1.29, 1.82) is 10.5 Å². The number of fused-ring (bicyclic) bond motifs is 2. The van der Waals surface area contributed by atoms with E-state index in [1.165, 1.54) is 28.1 Å². The van der Waals surface area contributed by atoms with Crippen molar-refractivity contribution in [3.63, 3.8) is 0 Å². The normalized spacial score (nSPS) is 20.5. The Morgan fingerprint density at radius 3 is 1.93 bits per heavy atom. The number of carbonyl (C=O) groups excluding carboxylic acids is 5. The van der Waals surface area contributed by atoms with Crippen molar-refractivity contribution >= 4 is 47.0 Å². The molecule has 0 spiro atoms. The number of carbonyl (C=O) groups is 5. The summed E-state index contributed by atoms with van der Waals surface area (Å²) in [6.07, 6.45) is -4.70. The third-order valence-electron chi connectivity index (χ3n) is 13.6. The van der Waals surface area contributed by atoms with Crippen LogP contribution < -0.4 is 19.9 Å². The van der Waals surface area contributed by atoms with Crippen LogP contribution in [0.1, 0.15) is 102 Å². The van der Waals surface area contributed by atoms with E-state index in [0.717, 1.165) is 17.8 Å². The van der Waals surface area contributed by atoms with Crippen LogP contribution >= 0.6 is 0 Å². The zero-order chi connectivity index (χ0) is 58.7. The molecule has 3 unspecified atom stereocenters. The van der Waals surface area contributed by atoms with Crippen molar-refractivity contribution < 1.29 is 68.6 Å². The minimum Gasteiger partial charge on any atom is -0.444 e. The van der Waals surface area contributed by atoms with Crippen molar-refractivity contribution in [2.24, 2.45) is 11.3 Å². The highest BCUT2D eigenvalue weighted by Crippen LogP contribution is 2.38. The molecule has 424 valence electrons. The minimum atomic E-state index is -3.21. The summed E-state index contributed by atoms with van der Waals surface area (Å²) >= 11 is 0. The number of hydrogen-bond acceptors (Lipinski definition) is 11. The van der Waals surface area contributed by atoms with E-state index in [1.807, 2.05) is 39.3 Å². The van der Waals surface area contributed by atoms with Crippen LogP contribution in [0.25, 0.3) is 0 Å². The summed E-state index contributed by atoms with van der Waals surface area (Å²) in [5.41, 5.74) is -1.40. The number of rotatable bonds is 8. The predicted molar refractivity (Wildman–Crippen MR) is 269 cm³/mol. The number of nitrogens with one attached hydrogen (secondary N) is 1. The number of para-hydroxylation sites is 1. The number of anilines is 3. The van der Waals surface area contributed by atoms with Gasteiger partial charge in [0.25, 0.3) is 12.9 Å². The largest absolute Gasteiger partial charge is 0.444 e. The smallest absolute Gasteiger partial charge is 0.417 e. The summed E-state index contributed by atoms with van der Waals surface area (Å²) in [7, 11) is 0. The molecule has 80 heavy (non-hydrogen) atoms. The highest BCUT2D eigenvalue weighted by atomic mass is 19.3. The van der Waals surface area contributed by atoms with Crippen LogP contribution in [-0.2, 0) is 51.7 Å². The second-order valence-corrected chi connectivity index (χ2v) is 20.9. The molecule has 3 aromatic carbocycles. The summed E-state index contributed by atoms with van der Waals surface area (Å²) in [5, 5.41) is 29.4. The predicted octanol–water partition coefficient (Wildman–Crippen LogP) is 10.1. The first kappa shape index (κ1) is 59.1. The first-order chi connectivity index (χ1) is 37.6.